The molecule has 1 aromatic heterocycles. The number of hydrogen-bond donors (Lipinski definition) is 3. The minimum absolute atomic E-state index is 0.239. The molecule has 0 radical (unpaired) electrons. The van der Waals surface area contributed by atoms with Gasteiger partial charge < -0.3 is 10.6 Å². The van der Waals surface area contributed by atoms with Crippen molar-refractivity contribution in [2.75, 3.05) is 11.9 Å². The van der Waals surface area contributed by atoms with Gasteiger partial charge in [0.1, 0.15) is 0 Å². The second-order valence-electron chi connectivity index (χ2n) is 3.72. The van der Waals surface area contributed by atoms with E-state index in [1.807, 2.05) is 6.07 Å². The Morgan fingerprint density at radius 2 is 2.06 bits per heavy atom. The molecule has 0 aliphatic heterocycles. The van der Waals surface area contributed by atoms with Gasteiger partial charge in [0, 0.05) is 35.6 Å². The fourth-order valence-corrected chi connectivity index (χ4v) is 1.57. The van der Waals surface area contributed by atoms with Gasteiger partial charge in [-0.25, -0.2) is 4.79 Å². The SMILES string of the molecule is O=C(NCCc1ccn[nH]1)Nc1ccc(Cl)cc1. The van der Waals surface area contributed by atoms with Crippen LogP contribution < -0.4 is 10.6 Å². The van der Waals surface area contributed by atoms with Crippen LogP contribution in [0.3, 0.4) is 0 Å². The average molecular weight is 265 g/mol. The maximum absolute atomic E-state index is 11.5. The number of nitrogens with zero attached hydrogens (tertiary/aromatic N) is 1. The molecule has 2 amide bonds. The molecule has 0 spiro atoms. The number of benzene rings is 1. The van der Waals surface area contributed by atoms with E-state index in [-0.39, 0.29) is 6.03 Å². The molecule has 5 nitrogen and oxygen atoms in total. The maximum Gasteiger partial charge on any atom is 0.319 e. The second kappa shape index (κ2) is 6.07. The van der Waals surface area contributed by atoms with E-state index >= 15 is 0 Å². The molecule has 0 unspecified atom stereocenters. The predicted octanol–water partition coefficient (Wildman–Crippen LogP) is 2.43. The third-order valence-electron chi connectivity index (χ3n) is 2.34. The molecule has 2 rings (SSSR count). The molecule has 0 fully saturated rings. The number of carbonyl (C=O) groups excluding carboxylic acids is 1. The molecule has 0 aliphatic carbocycles. The lowest BCUT2D eigenvalue weighted by atomic mass is 10.3. The van der Waals surface area contributed by atoms with E-state index in [2.05, 4.69) is 20.8 Å². The van der Waals surface area contributed by atoms with Crippen LogP contribution in [0, 0.1) is 0 Å². The standard InChI is InChI=1S/C12H13ClN4O/c13-9-1-3-10(4-2-9)16-12(18)14-7-5-11-6-8-15-17-11/h1-4,6,8H,5,7H2,(H,15,17)(H2,14,16,18). The second-order valence-corrected chi connectivity index (χ2v) is 4.16. The highest BCUT2D eigenvalue weighted by Gasteiger charge is 2.01. The molecule has 0 aliphatic rings. The number of rotatable bonds is 4. The van der Waals surface area contributed by atoms with Crippen molar-refractivity contribution >= 4 is 23.3 Å². The number of nitrogens with one attached hydrogen (secondary N) is 3. The number of hydrogen-bond acceptors (Lipinski definition) is 2. The van der Waals surface area contributed by atoms with E-state index in [4.69, 9.17) is 11.6 Å². The predicted molar refractivity (Wildman–Crippen MR) is 70.8 cm³/mol. The minimum atomic E-state index is -0.239. The summed E-state index contributed by atoms with van der Waals surface area (Å²) in [6.07, 6.45) is 2.40. The Bertz CT molecular complexity index is 495. The summed E-state index contributed by atoms with van der Waals surface area (Å²) in [4.78, 5) is 11.5. The lowest BCUT2D eigenvalue weighted by Gasteiger charge is -2.06. The Kier molecular flexibility index (Phi) is 4.20. The van der Waals surface area contributed by atoms with E-state index in [0.29, 0.717) is 23.7 Å². The number of anilines is 1. The Hall–Kier alpha value is -2.01. The third-order valence-corrected chi connectivity index (χ3v) is 2.59. The zero-order valence-electron chi connectivity index (χ0n) is 9.61. The van der Waals surface area contributed by atoms with Gasteiger partial charge in [0.2, 0.25) is 0 Å². The highest BCUT2D eigenvalue weighted by atomic mass is 35.5. The van der Waals surface area contributed by atoms with Crippen molar-refractivity contribution in [3.8, 4) is 0 Å². The number of urea groups is 1. The van der Waals surface area contributed by atoms with Gasteiger partial charge in [-0.2, -0.15) is 5.10 Å². The van der Waals surface area contributed by atoms with Gasteiger partial charge in [-0.15, -0.1) is 0 Å². The molecule has 0 atom stereocenters. The Balaban J connectivity index is 1.73. The van der Waals surface area contributed by atoms with E-state index in [9.17, 15) is 4.79 Å². The number of H-pyrrole nitrogens is 1. The van der Waals surface area contributed by atoms with Crippen LogP contribution in [0.4, 0.5) is 10.5 Å². The van der Waals surface area contributed by atoms with Crippen molar-refractivity contribution in [2.45, 2.75) is 6.42 Å². The van der Waals surface area contributed by atoms with E-state index in [1.165, 1.54) is 0 Å². The summed E-state index contributed by atoms with van der Waals surface area (Å²) in [5.41, 5.74) is 1.69. The Morgan fingerprint density at radius 3 is 2.72 bits per heavy atom. The first-order valence-electron chi connectivity index (χ1n) is 5.53. The summed E-state index contributed by atoms with van der Waals surface area (Å²) in [5, 5.41) is 12.8. The average Bonchev–Trinajstić information content (AvgIpc) is 2.85. The first-order chi connectivity index (χ1) is 8.74. The van der Waals surface area contributed by atoms with Crippen molar-refractivity contribution in [3.63, 3.8) is 0 Å². The topological polar surface area (TPSA) is 69.8 Å². The van der Waals surface area contributed by atoms with E-state index < -0.39 is 0 Å². The van der Waals surface area contributed by atoms with Crippen molar-refractivity contribution in [1.29, 1.82) is 0 Å². The van der Waals surface area contributed by atoms with Crippen molar-refractivity contribution < 1.29 is 4.79 Å². The van der Waals surface area contributed by atoms with E-state index in [0.717, 1.165) is 5.69 Å². The maximum atomic E-state index is 11.5. The minimum Gasteiger partial charge on any atom is -0.337 e. The molecule has 3 N–H and O–H groups in total. The van der Waals surface area contributed by atoms with Crippen LogP contribution in [0.2, 0.25) is 5.02 Å². The van der Waals surface area contributed by atoms with Crippen LogP contribution in [-0.4, -0.2) is 22.8 Å². The molecule has 1 heterocycles. The van der Waals surface area contributed by atoms with Crippen molar-refractivity contribution in [2.24, 2.45) is 0 Å². The fourth-order valence-electron chi connectivity index (χ4n) is 1.44. The Morgan fingerprint density at radius 1 is 1.28 bits per heavy atom. The summed E-state index contributed by atoms with van der Waals surface area (Å²) in [7, 11) is 0. The van der Waals surface area contributed by atoms with Crippen LogP contribution in [0.15, 0.2) is 36.5 Å². The van der Waals surface area contributed by atoms with Crippen LogP contribution in [0.25, 0.3) is 0 Å². The summed E-state index contributed by atoms with van der Waals surface area (Å²) in [6, 6.07) is 8.58. The van der Waals surface area contributed by atoms with Crippen LogP contribution in [-0.2, 0) is 6.42 Å². The number of carbonyl (C=O) groups is 1. The molecular formula is C12H13ClN4O. The van der Waals surface area contributed by atoms with Gasteiger partial charge in [-0.1, -0.05) is 11.6 Å². The van der Waals surface area contributed by atoms with Gasteiger partial charge >= 0.3 is 6.03 Å². The third kappa shape index (κ3) is 3.78. The molecule has 0 bridgehead atoms. The summed E-state index contributed by atoms with van der Waals surface area (Å²) >= 11 is 5.75. The fraction of sp³-hybridized carbons (Fsp3) is 0.167. The van der Waals surface area contributed by atoms with Crippen molar-refractivity contribution in [3.05, 3.63) is 47.2 Å². The quantitative estimate of drug-likeness (QED) is 0.794. The highest BCUT2D eigenvalue weighted by Crippen LogP contribution is 2.12. The molecule has 0 saturated heterocycles. The normalized spacial score (nSPS) is 10.1. The van der Waals surface area contributed by atoms with Crippen LogP contribution >= 0.6 is 11.6 Å². The summed E-state index contributed by atoms with van der Waals surface area (Å²) in [5.74, 6) is 0. The lowest BCUT2D eigenvalue weighted by Crippen LogP contribution is -2.30. The molecule has 0 saturated carbocycles. The zero-order chi connectivity index (χ0) is 12.8. The summed E-state index contributed by atoms with van der Waals surface area (Å²) in [6.45, 7) is 0.543. The first-order valence-corrected chi connectivity index (χ1v) is 5.90. The monoisotopic (exact) mass is 264 g/mol. The van der Waals surface area contributed by atoms with Gasteiger partial charge in [-0.3, -0.25) is 5.10 Å². The van der Waals surface area contributed by atoms with Gasteiger partial charge in [0.05, 0.1) is 0 Å². The smallest absolute Gasteiger partial charge is 0.319 e. The largest absolute Gasteiger partial charge is 0.337 e. The number of aromatic nitrogens is 2. The molecule has 6 heteroatoms. The van der Waals surface area contributed by atoms with Crippen LogP contribution in [0.5, 0.6) is 0 Å². The van der Waals surface area contributed by atoms with Gasteiger partial charge in [0.15, 0.2) is 0 Å². The van der Waals surface area contributed by atoms with Crippen LogP contribution in [0.1, 0.15) is 5.69 Å². The first kappa shape index (κ1) is 12.4. The van der Waals surface area contributed by atoms with Gasteiger partial charge in [-0.05, 0) is 30.3 Å². The van der Waals surface area contributed by atoms with Gasteiger partial charge in [0.25, 0.3) is 0 Å². The van der Waals surface area contributed by atoms with Crippen molar-refractivity contribution in [1.82, 2.24) is 15.5 Å². The number of amides is 2. The zero-order valence-corrected chi connectivity index (χ0v) is 10.4. The summed E-state index contributed by atoms with van der Waals surface area (Å²) < 4.78 is 0. The highest BCUT2D eigenvalue weighted by molar-refractivity contribution is 6.30. The molecule has 94 valence electrons. The number of aromatic amines is 1. The molecule has 2 aromatic rings. The Labute approximate surface area is 110 Å². The molecule has 18 heavy (non-hydrogen) atoms. The number of halogens is 1. The van der Waals surface area contributed by atoms with E-state index in [1.54, 1.807) is 30.5 Å². The molecular weight excluding hydrogens is 252 g/mol. The lowest BCUT2D eigenvalue weighted by molar-refractivity contribution is 0.252. The molecule has 1 aromatic carbocycles.